The second-order valence-electron chi connectivity index (χ2n) is 6.69. The average molecular weight is 321 g/mol. The quantitative estimate of drug-likeness (QED) is 0.551. The fraction of sp³-hybridized carbons (Fsp3) is 0.526. The summed E-state index contributed by atoms with van der Waals surface area (Å²) in [5.41, 5.74) is 0.943. The lowest BCUT2D eigenvalue weighted by atomic mass is 9.75. The Bertz CT molecular complexity index is 519. The maximum atomic E-state index is 12.1. The predicted molar refractivity (Wildman–Crippen MR) is 91.7 cm³/mol. The molecule has 0 aromatic heterocycles. The number of rotatable bonds is 4. The number of carbonyl (C=O) groups excluding carboxylic acids is 1. The lowest BCUT2D eigenvalue weighted by Gasteiger charge is -2.36. The lowest BCUT2D eigenvalue weighted by molar-refractivity contribution is -0.149. The van der Waals surface area contributed by atoms with Crippen LogP contribution in [-0.4, -0.2) is 12.1 Å². The Labute approximate surface area is 138 Å². The van der Waals surface area contributed by atoms with Crippen molar-refractivity contribution in [1.82, 2.24) is 0 Å². The van der Waals surface area contributed by atoms with Gasteiger partial charge in [-0.2, -0.15) is 0 Å². The van der Waals surface area contributed by atoms with E-state index in [2.05, 4.69) is 20.8 Å². The summed E-state index contributed by atoms with van der Waals surface area (Å²) in [7, 11) is 0. The minimum absolute atomic E-state index is 0.0473. The molecule has 0 aliphatic heterocycles. The highest BCUT2D eigenvalue weighted by Crippen LogP contribution is 2.35. The predicted octanol–water partition coefficient (Wildman–Crippen LogP) is 5.36. The van der Waals surface area contributed by atoms with E-state index in [1.54, 1.807) is 6.08 Å². The van der Waals surface area contributed by atoms with Gasteiger partial charge >= 0.3 is 5.97 Å². The Kier molecular flexibility index (Phi) is 6.07. The molecule has 1 fully saturated rings. The zero-order valence-electron chi connectivity index (χ0n) is 13.6. The minimum Gasteiger partial charge on any atom is -0.459 e. The maximum Gasteiger partial charge on any atom is 0.331 e. The number of halogens is 1. The second kappa shape index (κ2) is 7.82. The molecule has 3 heteroatoms. The third-order valence-electron chi connectivity index (χ3n) is 4.51. The highest BCUT2D eigenvalue weighted by molar-refractivity contribution is 6.30. The van der Waals surface area contributed by atoms with E-state index in [4.69, 9.17) is 16.3 Å². The van der Waals surface area contributed by atoms with Gasteiger partial charge in [0.25, 0.3) is 0 Å². The Morgan fingerprint density at radius 1 is 1.27 bits per heavy atom. The molecule has 22 heavy (non-hydrogen) atoms. The molecule has 3 atom stereocenters. The topological polar surface area (TPSA) is 26.3 Å². The van der Waals surface area contributed by atoms with Crippen molar-refractivity contribution in [3.63, 3.8) is 0 Å². The van der Waals surface area contributed by atoms with E-state index >= 15 is 0 Å². The van der Waals surface area contributed by atoms with Crippen molar-refractivity contribution in [3.8, 4) is 0 Å². The van der Waals surface area contributed by atoms with Gasteiger partial charge in [-0.15, -0.1) is 0 Å². The van der Waals surface area contributed by atoms with Gasteiger partial charge in [0.1, 0.15) is 6.10 Å². The summed E-state index contributed by atoms with van der Waals surface area (Å²) in [6, 6.07) is 7.38. The molecule has 0 unspecified atom stereocenters. The monoisotopic (exact) mass is 320 g/mol. The van der Waals surface area contributed by atoms with E-state index in [-0.39, 0.29) is 12.1 Å². The van der Waals surface area contributed by atoms with Gasteiger partial charge in [-0.05, 0) is 54.4 Å². The van der Waals surface area contributed by atoms with Crippen LogP contribution in [-0.2, 0) is 9.53 Å². The number of carbonyl (C=O) groups is 1. The molecule has 0 radical (unpaired) electrons. The molecule has 0 spiro atoms. The average Bonchev–Trinajstić information content (AvgIpc) is 2.46. The van der Waals surface area contributed by atoms with Gasteiger partial charge in [0.15, 0.2) is 0 Å². The molecule has 0 N–H and O–H groups in total. The summed E-state index contributed by atoms with van der Waals surface area (Å²) in [5, 5.41) is 0.690. The third kappa shape index (κ3) is 4.88. The molecule has 120 valence electrons. The van der Waals surface area contributed by atoms with Gasteiger partial charge in [0, 0.05) is 11.1 Å². The van der Waals surface area contributed by atoms with Crippen molar-refractivity contribution in [2.24, 2.45) is 17.8 Å². The maximum absolute atomic E-state index is 12.1. The Morgan fingerprint density at radius 3 is 2.59 bits per heavy atom. The molecule has 2 nitrogen and oxygen atoms in total. The zero-order valence-corrected chi connectivity index (χ0v) is 14.3. The van der Waals surface area contributed by atoms with Gasteiger partial charge in [-0.1, -0.05) is 50.9 Å². The van der Waals surface area contributed by atoms with Crippen molar-refractivity contribution in [3.05, 3.63) is 40.9 Å². The first-order valence-corrected chi connectivity index (χ1v) is 8.47. The van der Waals surface area contributed by atoms with Crippen molar-refractivity contribution in [2.75, 3.05) is 0 Å². The van der Waals surface area contributed by atoms with Gasteiger partial charge in [0.2, 0.25) is 0 Å². The molecular formula is C19H25ClO2. The lowest BCUT2D eigenvalue weighted by Crippen LogP contribution is -2.35. The standard InChI is InChI=1S/C19H25ClO2/c1-13(2)17-10-4-14(3)12-18(17)22-19(21)11-7-15-5-8-16(20)9-6-15/h5-9,11,13-14,17-18H,4,10,12H2,1-3H3/b11-7+/t14-,17+,18-/m1/s1. The molecule has 1 aromatic rings. The molecule has 1 aliphatic rings. The molecule has 2 rings (SSSR count). The van der Waals surface area contributed by atoms with Crippen molar-refractivity contribution >= 4 is 23.6 Å². The van der Waals surface area contributed by atoms with Gasteiger partial charge in [-0.3, -0.25) is 0 Å². The van der Waals surface area contributed by atoms with Crippen LogP contribution < -0.4 is 0 Å². The number of ether oxygens (including phenoxy) is 1. The summed E-state index contributed by atoms with van der Waals surface area (Å²) in [5.74, 6) is 1.40. The number of hydrogen-bond acceptors (Lipinski definition) is 2. The molecule has 0 amide bonds. The van der Waals surface area contributed by atoms with Crippen LogP contribution >= 0.6 is 11.6 Å². The molecular weight excluding hydrogens is 296 g/mol. The van der Waals surface area contributed by atoms with E-state index in [9.17, 15) is 4.79 Å². The van der Waals surface area contributed by atoms with Crippen LogP contribution in [0.5, 0.6) is 0 Å². The first-order chi connectivity index (χ1) is 10.5. The molecule has 0 heterocycles. The van der Waals surface area contributed by atoms with Crippen LogP contribution in [0.15, 0.2) is 30.3 Å². The summed E-state index contributed by atoms with van der Waals surface area (Å²) < 4.78 is 5.73. The number of benzene rings is 1. The molecule has 0 bridgehead atoms. The molecule has 0 saturated heterocycles. The van der Waals surface area contributed by atoms with Crippen LogP contribution in [0.1, 0.15) is 45.6 Å². The largest absolute Gasteiger partial charge is 0.459 e. The summed E-state index contributed by atoms with van der Waals surface area (Å²) in [4.78, 5) is 12.1. The first kappa shape index (κ1) is 17.1. The highest BCUT2D eigenvalue weighted by Gasteiger charge is 2.32. The van der Waals surface area contributed by atoms with Crippen molar-refractivity contribution < 1.29 is 9.53 Å². The Hall–Kier alpha value is -1.28. The van der Waals surface area contributed by atoms with Crippen molar-refractivity contribution in [1.29, 1.82) is 0 Å². The third-order valence-corrected chi connectivity index (χ3v) is 4.76. The number of esters is 1. The summed E-state index contributed by atoms with van der Waals surface area (Å²) in [6.07, 6.45) is 6.69. The molecule has 1 aliphatic carbocycles. The van der Waals surface area contributed by atoms with Crippen LogP contribution in [0.4, 0.5) is 0 Å². The van der Waals surface area contributed by atoms with E-state index < -0.39 is 0 Å². The second-order valence-corrected chi connectivity index (χ2v) is 7.12. The number of hydrogen-bond donors (Lipinski definition) is 0. The summed E-state index contributed by atoms with van der Waals surface area (Å²) in [6.45, 7) is 6.66. The summed E-state index contributed by atoms with van der Waals surface area (Å²) >= 11 is 5.85. The minimum atomic E-state index is -0.250. The van der Waals surface area contributed by atoms with E-state index in [1.807, 2.05) is 24.3 Å². The normalized spacial score (nSPS) is 25.6. The smallest absolute Gasteiger partial charge is 0.331 e. The van der Waals surface area contributed by atoms with Crippen LogP contribution in [0.3, 0.4) is 0 Å². The Morgan fingerprint density at radius 2 is 1.95 bits per heavy atom. The van der Waals surface area contributed by atoms with Gasteiger partial charge in [0.05, 0.1) is 0 Å². The fourth-order valence-corrected chi connectivity index (χ4v) is 3.30. The van der Waals surface area contributed by atoms with Gasteiger partial charge in [-0.25, -0.2) is 4.79 Å². The highest BCUT2D eigenvalue weighted by atomic mass is 35.5. The zero-order chi connectivity index (χ0) is 16.1. The first-order valence-electron chi connectivity index (χ1n) is 8.10. The molecule has 1 aromatic carbocycles. The van der Waals surface area contributed by atoms with E-state index in [0.29, 0.717) is 22.8 Å². The van der Waals surface area contributed by atoms with Crippen molar-refractivity contribution in [2.45, 2.75) is 46.1 Å². The van der Waals surface area contributed by atoms with Crippen LogP contribution in [0.25, 0.3) is 6.08 Å². The fourth-order valence-electron chi connectivity index (χ4n) is 3.18. The van der Waals surface area contributed by atoms with E-state index in [0.717, 1.165) is 18.4 Å². The van der Waals surface area contributed by atoms with Crippen LogP contribution in [0.2, 0.25) is 5.02 Å². The molecule has 1 saturated carbocycles. The SMILES string of the molecule is CC(C)[C@@H]1CC[C@@H](C)C[C@H]1OC(=O)/C=C/c1ccc(Cl)cc1. The van der Waals surface area contributed by atoms with Gasteiger partial charge < -0.3 is 4.74 Å². The van der Waals surface area contributed by atoms with Crippen LogP contribution in [0, 0.1) is 17.8 Å². The Balaban J connectivity index is 1.95. The van der Waals surface area contributed by atoms with E-state index in [1.165, 1.54) is 12.5 Å².